The highest BCUT2D eigenvalue weighted by Gasteiger charge is 1.98. The molecule has 2 aromatic carbocycles. The van der Waals surface area contributed by atoms with E-state index >= 15 is 0 Å². The normalized spacial score (nSPS) is 11.0. The summed E-state index contributed by atoms with van der Waals surface area (Å²) in [4.78, 5) is 4.06. The number of anilines is 1. The first-order valence-electron chi connectivity index (χ1n) is 6.50. The van der Waals surface area contributed by atoms with Crippen molar-refractivity contribution in [1.29, 1.82) is 0 Å². The molecule has 0 aliphatic heterocycles. The first kappa shape index (κ1) is 13.9. The van der Waals surface area contributed by atoms with Gasteiger partial charge in [0.15, 0.2) is 5.96 Å². The Morgan fingerprint density at radius 2 is 1.75 bits per heavy atom. The minimum absolute atomic E-state index is 0.575. The van der Waals surface area contributed by atoms with E-state index < -0.39 is 0 Å². The summed E-state index contributed by atoms with van der Waals surface area (Å²) >= 11 is 0. The van der Waals surface area contributed by atoms with Crippen LogP contribution in [0.25, 0.3) is 0 Å². The molecule has 0 spiro atoms. The molecule has 2 rings (SSSR count). The van der Waals surface area contributed by atoms with Gasteiger partial charge in [0.1, 0.15) is 12.4 Å². The third-order valence-corrected chi connectivity index (χ3v) is 2.83. The molecule has 0 aromatic heterocycles. The molecular weight excluding hydrogens is 250 g/mol. The van der Waals surface area contributed by atoms with Gasteiger partial charge >= 0.3 is 0 Å². The van der Waals surface area contributed by atoms with Crippen molar-refractivity contribution >= 4 is 11.6 Å². The summed E-state index contributed by atoms with van der Waals surface area (Å²) in [6.07, 6.45) is 0. The second-order valence-electron chi connectivity index (χ2n) is 4.25. The lowest BCUT2D eigenvalue weighted by molar-refractivity contribution is 0.306. The molecule has 0 atom stereocenters. The maximum absolute atomic E-state index is 5.73. The Morgan fingerprint density at radius 3 is 2.35 bits per heavy atom. The van der Waals surface area contributed by atoms with Crippen molar-refractivity contribution in [1.82, 2.24) is 5.32 Å². The van der Waals surface area contributed by atoms with E-state index in [4.69, 9.17) is 4.74 Å². The Kier molecular flexibility index (Phi) is 5.00. The highest BCUT2D eigenvalue weighted by Crippen LogP contribution is 2.17. The van der Waals surface area contributed by atoms with E-state index in [9.17, 15) is 0 Å². The average molecular weight is 269 g/mol. The van der Waals surface area contributed by atoms with Gasteiger partial charge in [-0.05, 0) is 29.8 Å². The summed E-state index contributed by atoms with van der Waals surface area (Å²) in [7, 11) is 3.56. The summed E-state index contributed by atoms with van der Waals surface area (Å²) in [5.74, 6) is 1.57. The molecule has 2 aromatic rings. The van der Waals surface area contributed by atoms with Gasteiger partial charge in [0, 0.05) is 19.8 Å². The Bertz CT molecular complexity index is 550. The van der Waals surface area contributed by atoms with Crippen LogP contribution in [0.1, 0.15) is 5.56 Å². The minimum atomic E-state index is 0.575. The number of rotatable bonds is 4. The predicted octanol–water partition coefficient (Wildman–Crippen LogP) is 2.88. The van der Waals surface area contributed by atoms with Crippen molar-refractivity contribution < 1.29 is 4.74 Å². The van der Waals surface area contributed by atoms with Crippen LogP contribution in [0.15, 0.2) is 59.6 Å². The van der Waals surface area contributed by atoms with Crippen LogP contribution in [0.5, 0.6) is 5.75 Å². The monoisotopic (exact) mass is 269 g/mol. The maximum Gasteiger partial charge on any atom is 0.195 e. The molecule has 0 radical (unpaired) electrons. The second kappa shape index (κ2) is 7.19. The summed E-state index contributed by atoms with van der Waals surface area (Å²) in [6.45, 7) is 0.575. The predicted molar refractivity (Wildman–Crippen MR) is 83.3 cm³/mol. The molecule has 0 heterocycles. The molecule has 104 valence electrons. The van der Waals surface area contributed by atoms with Crippen LogP contribution < -0.4 is 15.4 Å². The van der Waals surface area contributed by atoms with E-state index in [0.717, 1.165) is 23.0 Å². The van der Waals surface area contributed by atoms with E-state index in [1.807, 2.05) is 61.6 Å². The van der Waals surface area contributed by atoms with Crippen LogP contribution in [0, 0.1) is 0 Å². The lowest BCUT2D eigenvalue weighted by atomic mass is 10.2. The van der Waals surface area contributed by atoms with Crippen molar-refractivity contribution in [2.24, 2.45) is 4.99 Å². The van der Waals surface area contributed by atoms with Gasteiger partial charge in [-0.25, -0.2) is 0 Å². The van der Waals surface area contributed by atoms with Crippen molar-refractivity contribution in [3.05, 3.63) is 60.2 Å². The molecule has 0 aliphatic carbocycles. The van der Waals surface area contributed by atoms with Crippen LogP contribution in [0.3, 0.4) is 0 Å². The topological polar surface area (TPSA) is 45.7 Å². The van der Waals surface area contributed by atoms with Crippen molar-refractivity contribution in [3.63, 3.8) is 0 Å². The molecule has 0 amide bonds. The summed E-state index contributed by atoms with van der Waals surface area (Å²) in [5.41, 5.74) is 2.12. The van der Waals surface area contributed by atoms with Crippen LogP contribution in [-0.2, 0) is 6.61 Å². The zero-order chi connectivity index (χ0) is 14.2. The van der Waals surface area contributed by atoms with Gasteiger partial charge in [-0.1, -0.05) is 30.3 Å². The number of nitrogens with zero attached hydrogens (tertiary/aromatic N) is 1. The van der Waals surface area contributed by atoms with Gasteiger partial charge in [-0.2, -0.15) is 0 Å². The quantitative estimate of drug-likeness (QED) is 0.662. The highest BCUT2D eigenvalue weighted by atomic mass is 16.5. The molecule has 20 heavy (non-hydrogen) atoms. The summed E-state index contributed by atoms with van der Waals surface area (Å²) in [5, 5.41) is 6.13. The Morgan fingerprint density at radius 1 is 1.05 bits per heavy atom. The molecule has 4 nitrogen and oxygen atoms in total. The number of aliphatic imine (C=N–C) groups is 1. The number of guanidine groups is 1. The molecule has 0 saturated carbocycles. The van der Waals surface area contributed by atoms with Crippen molar-refractivity contribution in [3.8, 4) is 5.75 Å². The van der Waals surface area contributed by atoms with E-state index in [-0.39, 0.29) is 0 Å². The van der Waals surface area contributed by atoms with Crippen LogP contribution in [0.2, 0.25) is 0 Å². The first-order chi connectivity index (χ1) is 9.81. The minimum Gasteiger partial charge on any atom is -0.489 e. The molecule has 4 heteroatoms. The Labute approximate surface area is 119 Å². The van der Waals surface area contributed by atoms with Gasteiger partial charge in [-0.15, -0.1) is 0 Å². The molecule has 0 unspecified atom stereocenters. The number of ether oxygens (including phenoxy) is 1. The fraction of sp³-hybridized carbons (Fsp3) is 0.188. The fourth-order valence-electron chi connectivity index (χ4n) is 1.74. The molecule has 2 N–H and O–H groups in total. The summed E-state index contributed by atoms with van der Waals surface area (Å²) < 4.78 is 5.73. The van der Waals surface area contributed by atoms with Crippen LogP contribution in [-0.4, -0.2) is 20.1 Å². The molecule has 0 bridgehead atoms. The van der Waals surface area contributed by atoms with Gasteiger partial charge in [0.2, 0.25) is 0 Å². The van der Waals surface area contributed by atoms with Crippen LogP contribution >= 0.6 is 0 Å². The fourth-order valence-corrected chi connectivity index (χ4v) is 1.74. The Balaban J connectivity index is 1.91. The molecule has 0 fully saturated rings. The number of hydrogen-bond donors (Lipinski definition) is 2. The first-order valence-corrected chi connectivity index (χ1v) is 6.50. The lowest BCUT2D eigenvalue weighted by Gasteiger charge is -2.10. The highest BCUT2D eigenvalue weighted by molar-refractivity contribution is 5.93. The number of hydrogen-bond acceptors (Lipinski definition) is 2. The summed E-state index contributed by atoms with van der Waals surface area (Å²) in [6, 6.07) is 17.9. The third-order valence-electron chi connectivity index (χ3n) is 2.83. The lowest BCUT2D eigenvalue weighted by Crippen LogP contribution is -2.26. The van der Waals surface area contributed by atoms with Crippen LogP contribution in [0.4, 0.5) is 5.69 Å². The molecular formula is C16H19N3O. The van der Waals surface area contributed by atoms with E-state index in [0.29, 0.717) is 6.61 Å². The van der Waals surface area contributed by atoms with Gasteiger partial charge < -0.3 is 15.4 Å². The standard InChI is InChI=1S/C16H19N3O/c1-17-16(18-2)19-14-8-10-15(11-9-14)20-12-13-6-4-3-5-7-13/h3-11H,12H2,1-2H3,(H2,17,18,19). The van der Waals surface area contributed by atoms with Gasteiger partial charge in [0.05, 0.1) is 0 Å². The zero-order valence-electron chi connectivity index (χ0n) is 11.8. The Hall–Kier alpha value is -2.49. The van der Waals surface area contributed by atoms with E-state index in [1.165, 1.54) is 0 Å². The second-order valence-corrected chi connectivity index (χ2v) is 4.25. The molecule has 0 aliphatic rings. The maximum atomic E-state index is 5.73. The number of nitrogens with one attached hydrogen (secondary N) is 2. The largest absolute Gasteiger partial charge is 0.489 e. The third kappa shape index (κ3) is 4.02. The van der Waals surface area contributed by atoms with Gasteiger partial charge in [0.25, 0.3) is 0 Å². The van der Waals surface area contributed by atoms with Crippen molar-refractivity contribution in [2.75, 3.05) is 19.4 Å². The van der Waals surface area contributed by atoms with Gasteiger partial charge in [-0.3, -0.25) is 4.99 Å². The van der Waals surface area contributed by atoms with E-state index in [2.05, 4.69) is 15.6 Å². The van der Waals surface area contributed by atoms with E-state index in [1.54, 1.807) is 7.05 Å². The average Bonchev–Trinajstić information content (AvgIpc) is 2.53. The van der Waals surface area contributed by atoms with Crippen molar-refractivity contribution in [2.45, 2.75) is 6.61 Å². The zero-order valence-corrected chi connectivity index (χ0v) is 11.8. The molecule has 0 saturated heterocycles. The SMILES string of the molecule is CN=C(NC)Nc1ccc(OCc2ccccc2)cc1. The smallest absolute Gasteiger partial charge is 0.195 e. The number of benzene rings is 2.